The van der Waals surface area contributed by atoms with Gasteiger partial charge < -0.3 is 19.7 Å². The van der Waals surface area contributed by atoms with Crippen molar-refractivity contribution in [2.45, 2.75) is 58.3 Å². The number of benzene rings is 1. The third-order valence-corrected chi connectivity index (χ3v) is 5.48. The van der Waals surface area contributed by atoms with Gasteiger partial charge in [0.05, 0.1) is 12.7 Å². The van der Waals surface area contributed by atoms with Crippen molar-refractivity contribution >= 4 is 5.91 Å². The van der Waals surface area contributed by atoms with Crippen molar-refractivity contribution in [3.05, 3.63) is 34.9 Å². The maximum absolute atomic E-state index is 13.0. The van der Waals surface area contributed by atoms with Crippen LogP contribution >= 0.6 is 0 Å². The number of nitrogens with one attached hydrogen (secondary N) is 1. The fourth-order valence-electron chi connectivity index (χ4n) is 4.14. The molecule has 0 aromatic heterocycles. The Balaban J connectivity index is 1.78. The fourth-order valence-corrected chi connectivity index (χ4v) is 4.14. The Bertz CT molecular complexity index is 626. The molecule has 0 bridgehead atoms. The first-order valence-corrected chi connectivity index (χ1v) is 10.3. The van der Waals surface area contributed by atoms with Gasteiger partial charge in [0.25, 0.3) is 5.91 Å². The summed E-state index contributed by atoms with van der Waals surface area (Å²) in [6, 6.07) is 6.67. The smallest absolute Gasteiger partial charge is 0.253 e. The second-order valence-corrected chi connectivity index (χ2v) is 8.18. The number of hydrogen-bond acceptors (Lipinski definition) is 4. The maximum Gasteiger partial charge on any atom is 0.253 e. The fraction of sp³-hybridized carbons (Fsp3) is 0.682. The Morgan fingerprint density at radius 3 is 2.93 bits per heavy atom. The highest BCUT2D eigenvalue weighted by molar-refractivity contribution is 5.81. The van der Waals surface area contributed by atoms with E-state index in [9.17, 15) is 4.79 Å². The summed E-state index contributed by atoms with van der Waals surface area (Å²) in [5.74, 6) is 0.507. The summed E-state index contributed by atoms with van der Waals surface area (Å²) >= 11 is 0. The quantitative estimate of drug-likeness (QED) is 0.778. The molecule has 27 heavy (non-hydrogen) atoms. The number of methoxy groups -OCH3 is 1. The number of fused-ring (bicyclic) bond motifs is 1. The molecule has 1 N–H and O–H groups in total. The van der Waals surface area contributed by atoms with Gasteiger partial charge in [-0.3, -0.25) is 4.79 Å². The van der Waals surface area contributed by atoms with Crippen molar-refractivity contribution in [2.75, 3.05) is 33.4 Å². The van der Waals surface area contributed by atoms with E-state index in [1.54, 1.807) is 7.11 Å². The lowest BCUT2D eigenvalue weighted by Crippen LogP contribution is -2.49. The zero-order valence-electron chi connectivity index (χ0n) is 17.0. The van der Waals surface area contributed by atoms with E-state index in [-0.39, 0.29) is 18.1 Å². The van der Waals surface area contributed by atoms with Gasteiger partial charge in [-0.1, -0.05) is 38.5 Å². The molecule has 0 saturated carbocycles. The van der Waals surface area contributed by atoms with Crippen molar-refractivity contribution < 1.29 is 14.3 Å². The van der Waals surface area contributed by atoms with Crippen molar-refractivity contribution in [3.8, 4) is 0 Å². The zero-order valence-corrected chi connectivity index (χ0v) is 17.0. The SMILES string of the molecule is COC1CCCCc2ccc(CN(CC(C)C)C(=O)C3CNCCO3)cc21. The van der Waals surface area contributed by atoms with E-state index in [0.717, 1.165) is 25.9 Å². The van der Waals surface area contributed by atoms with E-state index in [4.69, 9.17) is 9.47 Å². The summed E-state index contributed by atoms with van der Waals surface area (Å²) in [6.45, 7) is 7.68. The van der Waals surface area contributed by atoms with Gasteiger partial charge in [0.15, 0.2) is 0 Å². The standard InChI is InChI=1S/C22H34N2O3/c1-16(2)14-24(22(25)21-13-23-10-11-27-21)15-17-8-9-18-6-4-5-7-20(26-3)19(18)12-17/h8-9,12,16,20-21,23H,4-7,10-11,13-15H2,1-3H3. The lowest BCUT2D eigenvalue weighted by atomic mass is 9.97. The van der Waals surface area contributed by atoms with Crippen LogP contribution in [0.15, 0.2) is 18.2 Å². The zero-order chi connectivity index (χ0) is 19.2. The molecule has 1 saturated heterocycles. The van der Waals surface area contributed by atoms with Gasteiger partial charge in [-0.05, 0) is 41.9 Å². The molecule has 1 aromatic carbocycles. The molecule has 1 aromatic rings. The summed E-state index contributed by atoms with van der Waals surface area (Å²) < 4.78 is 11.5. The molecule has 0 spiro atoms. The molecule has 2 unspecified atom stereocenters. The molecule has 1 amide bonds. The second-order valence-electron chi connectivity index (χ2n) is 8.18. The number of carbonyl (C=O) groups is 1. The molecular formula is C22H34N2O3. The molecule has 1 aliphatic carbocycles. The number of carbonyl (C=O) groups excluding carboxylic acids is 1. The van der Waals surface area contributed by atoms with E-state index >= 15 is 0 Å². The minimum absolute atomic E-state index is 0.0918. The number of nitrogens with zero attached hydrogens (tertiary/aromatic N) is 1. The molecule has 3 rings (SSSR count). The summed E-state index contributed by atoms with van der Waals surface area (Å²) in [6.07, 6.45) is 4.41. The number of amides is 1. The van der Waals surface area contributed by atoms with E-state index in [1.807, 2.05) is 4.90 Å². The molecule has 1 heterocycles. The van der Waals surface area contributed by atoms with Crippen LogP contribution in [0, 0.1) is 5.92 Å². The van der Waals surface area contributed by atoms with Crippen LogP contribution in [0.5, 0.6) is 0 Å². The molecule has 150 valence electrons. The van der Waals surface area contributed by atoms with Crippen molar-refractivity contribution in [3.63, 3.8) is 0 Å². The van der Waals surface area contributed by atoms with Gasteiger partial charge in [0.2, 0.25) is 0 Å². The van der Waals surface area contributed by atoms with E-state index < -0.39 is 0 Å². The van der Waals surface area contributed by atoms with E-state index in [1.165, 1.54) is 29.5 Å². The predicted molar refractivity (Wildman–Crippen MR) is 107 cm³/mol. The first kappa shape index (κ1) is 20.3. The predicted octanol–water partition coefficient (Wildman–Crippen LogP) is 3.07. The first-order valence-electron chi connectivity index (χ1n) is 10.3. The summed E-state index contributed by atoms with van der Waals surface area (Å²) in [7, 11) is 1.80. The topological polar surface area (TPSA) is 50.8 Å². The molecule has 5 nitrogen and oxygen atoms in total. The highest BCUT2D eigenvalue weighted by Crippen LogP contribution is 2.32. The minimum atomic E-state index is -0.370. The maximum atomic E-state index is 13.0. The first-order chi connectivity index (χ1) is 13.1. The highest BCUT2D eigenvalue weighted by atomic mass is 16.5. The molecular weight excluding hydrogens is 340 g/mol. The Morgan fingerprint density at radius 1 is 1.37 bits per heavy atom. The van der Waals surface area contributed by atoms with Gasteiger partial charge in [0.1, 0.15) is 6.10 Å². The molecule has 1 aliphatic heterocycles. The summed E-state index contributed by atoms with van der Waals surface area (Å²) in [5, 5.41) is 3.26. The molecule has 0 radical (unpaired) electrons. The van der Waals surface area contributed by atoms with Crippen LogP contribution in [0.1, 0.15) is 55.9 Å². The van der Waals surface area contributed by atoms with E-state index in [2.05, 4.69) is 37.4 Å². The molecule has 2 atom stereocenters. The highest BCUT2D eigenvalue weighted by Gasteiger charge is 2.28. The Hall–Kier alpha value is -1.43. The van der Waals surface area contributed by atoms with Gasteiger partial charge in [0, 0.05) is 33.3 Å². The summed E-state index contributed by atoms with van der Waals surface area (Å²) in [4.78, 5) is 15.0. The minimum Gasteiger partial charge on any atom is -0.377 e. The van der Waals surface area contributed by atoms with Crippen LogP contribution < -0.4 is 5.32 Å². The normalized spacial score (nSPS) is 23.0. The number of hydrogen-bond donors (Lipinski definition) is 1. The third kappa shape index (κ3) is 5.31. The Morgan fingerprint density at radius 2 is 2.22 bits per heavy atom. The number of rotatable bonds is 6. The van der Waals surface area contributed by atoms with Gasteiger partial charge in [-0.15, -0.1) is 0 Å². The summed E-state index contributed by atoms with van der Waals surface area (Å²) in [5.41, 5.74) is 3.88. The van der Waals surface area contributed by atoms with Gasteiger partial charge >= 0.3 is 0 Å². The average molecular weight is 375 g/mol. The number of morpholine rings is 1. The molecule has 2 aliphatic rings. The largest absolute Gasteiger partial charge is 0.377 e. The van der Waals surface area contributed by atoms with Crippen molar-refractivity contribution in [2.24, 2.45) is 5.92 Å². The van der Waals surface area contributed by atoms with Crippen LogP contribution in [-0.4, -0.2) is 50.3 Å². The number of aryl methyl sites for hydroxylation is 1. The number of ether oxygens (including phenoxy) is 2. The Kier molecular flexibility index (Phi) is 7.27. The third-order valence-electron chi connectivity index (χ3n) is 5.48. The van der Waals surface area contributed by atoms with Crippen molar-refractivity contribution in [1.29, 1.82) is 0 Å². The monoisotopic (exact) mass is 374 g/mol. The van der Waals surface area contributed by atoms with Crippen molar-refractivity contribution in [1.82, 2.24) is 10.2 Å². The lowest BCUT2D eigenvalue weighted by Gasteiger charge is -2.31. The lowest BCUT2D eigenvalue weighted by molar-refractivity contribution is -0.146. The van der Waals surface area contributed by atoms with Crippen LogP contribution in [0.3, 0.4) is 0 Å². The Labute approximate surface area is 163 Å². The average Bonchev–Trinajstić information content (AvgIpc) is 2.89. The molecule has 5 heteroatoms. The second kappa shape index (κ2) is 9.67. The van der Waals surface area contributed by atoms with Gasteiger partial charge in [-0.25, -0.2) is 0 Å². The van der Waals surface area contributed by atoms with Gasteiger partial charge in [-0.2, -0.15) is 0 Å². The van der Waals surface area contributed by atoms with Crippen LogP contribution in [-0.2, 0) is 27.2 Å². The van der Waals surface area contributed by atoms with Crippen LogP contribution in [0.2, 0.25) is 0 Å². The van der Waals surface area contributed by atoms with E-state index in [0.29, 0.717) is 25.6 Å². The molecule has 1 fully saturated rings. The van der Waals surface area contributed by atoms with Crippen LogP contribution in [0.25, 0.3) is 0 Å². The van der Waals surface area contributed by atoms with Crippen LogP contribution in [0.4, 0.5) is 0 Å².